The Morgan fingerprint density at radius 2 is 2.09 bits per heavy atom. The number of aliphatic imine (C=N–C) groups is 1. The summed E-state index contributed by atoms with van der Waals surface area (Å²) in [5.74, 6) is -0.0600. The highest BCUT2D eigenvalue weighted by Gasteiger charge is 2.40. The Hall–Kier alpha value is -2.30. The molecular formula is C18H21N3O2. The van der Waals surface area contributed by atoms with Gasteiger partial charge in [0.15, 0.2) is 0 Å². The van der Waals surface area contributed by atoms with Crippen molar-refractivity contribution in [1.82, 2.24) is 9.97 Å². The fourth-order valence-corrected chi connectivity index (χ4v) is 3.28. The largest absolute Gasteiger partial charge is 0.340 e. The predicted octanol–water partition coefficient (Wildman–Crippen LogP) is 3.10. The summed E-state index contributed by atoms with van der Waals surface area (Å²) in [6, 6.07) is 7.79. The molecule has 3 rings (SSSR count). The number of ketones is 2. The van der Waals surface area contributed by atoms with Crippen molar-refractivity contribution in [3.8, 4) is 0 Å². The molecule has 1 N–H and O–H groups in total. The predicted molar refractivity (Wildman–Crippen MR) is 89.4 cm³/mol. The Morgan fingerprint density at radius 1 is 1.35 bits per heavy atom. The third-order valence-corrected chi connectivity index (χ3v) is 4.24. The van der Waals surface area contributed by atoms with Gasteiger partial charge in [-0.25, -0.2) is 4.98 Å². The van der Waals surface area contributed by atoms with E-state index in [-0.39, 0.29) is 17.0 Å². The number of imidazole rings is 1. The van der Waals surface area contributed by atoms with E-state index in [9.17, 15) is 9.59 Å². The van der Waals surface area contributed by atoms with Crippen molar-refractivity contribution >= 4 is 28.3 Å². The molecule has 0 saturated heterocycles. The number of nitrogens with one attached hydrogen (secondary N) is 1. The first kappa shape index (κ1) is 15.6. The average molecular weight is 311 g/mol. The van der Waals surface area contributed by atoms with Gasteiger partial charge in [-0.15, -0.1) is 0 Å². The van der Waals surface area contributed by atoms with Crippen molar-refractivity contribution < 1.29 is 9.59 Å². The van der Waals surface area contributed by atoms with Crippen LogP contribution in [0.15, 0.2) is 29.3 Å². The number of aromatic amines is 1. The van der Waals surface area contributed by atoms with Gasteiger partial charge in [-0.2, -0.15) is 0 Å². The van der Waals surface area contributed by atoms with Crippen LogP contribution < -0.4 is 0 Å². The number of para-hydroxylation sites is 2. The minimum atomic E-state index is -0.674. The second-order valence-corrected chi connectivity index (χ2v) is 7.04. The Morgan fingerprint density at radius 3 is 2.78 bits per heavy atom. The van der Waals surface area contributed by atoms with E-state index in [4.69, 9.17) is 0 Å². The summed E-state index contributed by atoms with van der Waals surface area (Å²) in [7, 11) is 0. The van der Waals surface area contributed by atoms with Crippen molar-refractivity contribution in [2.24, 2.45) is 16.3 Å². The number of carbonyl (C=O) groups is 2. The molecule has 23 heavy (non-hydrogen) atoms. The molecule has 1 heterocycles. The molecule has 120 valence electrons. The maximum absolute atomic E-state index is 12.3. The molecule has 0 bridgehead atoms. The van der Waals surface area contributed by atoms with Crippen LogP contribution in [0.4, 0.5) is 0 Å². The summed E-state index contributed by atoms with van der Waals surface area (Å²) in [4.78, 5) is 36.4. The molecule has 0 spiro atoms. The van der Waals surface area contributed by atoms with Crippen LogP contribution in [0.2, 0.25) is 0 Å². The lowest BCUT2D eigenvalue weighted by Gasteiger charge is -2.33. The second kappa shape index (κ2) is 5.72. The normalized spacial score (nSPS) is 22.7. The number of hydrogen-bond acceptors (Lipinski definition) is 4. The molecular weight excluding hydrogens is 290 g/mol. The van der Waals surface area contributed by atoms with Crippen LogP contribution in [-0.4, -0.2) is 27.2 Å². The summed E-state index contributed by atoms with van der Waals surface area (Å²) in [5.41, 5.74) is 2.41. The van der Waals surface area contributed by atoms with Crippen LogP contribution in [0.25, 0.3) is 11.0 Å². The quantitative estimate of drug-likeness (QED) is 0.885. The van der Waals surface area contributed by atoms with Crippen LogP contribution in [-0.2, 0) is 16.1 Å². The van der Waals surface area contributed by atoms with Gasteiger partial charge in [-0.05, 0) is 30.9 Å². The number of rotatable bonds is 3. The van der Waals surface area contributed by atoms with Gasteiger partial charge in [-0.3, -0.25) is 14.6 Å². The van der Waals surface area contributed by atoms with Gasteiger partial charge in [0.05, 0.1) is 17.6 Å². The number of Topliss-reactive ketones (excluding diaryl/α,β-unsaturated/α-hetero) is 2. The van der Waals surface area contributed by atoms with Crippen LogP contribution in [0.5, 0.6) is 0 Å². The van der Waals surface area contributed by atoms with E-state index in [1.807, 2.05) is 38.1 Å². The highest BCUT2D eigenvalue weighted by molar-refractivity contribution is 6.22. The number of benzene rings is 1. The molecule has 1 aliphatic rings. The van der Waals surface area contributed by atoms with E-state index in [2.05, 4.69) is 15.0 Å². The van der Waals surface area contributed by atoms with Crippen LogP contribution >= 0.6 is 0 Å². The third kappa shape index (κ3) is 3.23. The first-order valence-corrected chi connectivity index (χ1v) is 7.86. The van der Waals surface area contributed by atoms with Crippen molar-refractivity contribution in [1.29, 1.82) is 0 Å². The fraction of sp³-hybridized carbons (Fsp3) is 0.444. The van der Waals surface area contributed by atoms with E-state index in [0.717, 1.165) is 16.9 Å². The van der Waals surface area contributed by atoms with Crippen LogP contribution in [0, 0.1) is 11.3 Å². The molecule has 0 aliphatic heterocycles. The van der Waals surface area contributed by atoms with Gasteiger partial charge in [0.25, 0.3) is 0 Å². The lowest BCUT2D eigenvalue weighted by atomic mass is 9.70. The Bertz CT molecular complexity index is 768. The SMILES string of the molecule is CC(=O)[C@@H]1C(=O)CC(C)(C)CC1=NCc1nc2ccccc2[nH]1. The minimum absolute atomic E-state index is 0.0166. The maximum Gasteiger partial charge on any atom is 0.149 e. The van der Waals surface area contributed by atoms with Crippen LogP contribution in [0.1, 0.15) is 39.4 Å². The number of carbonyl (C=O) groups excluding carboxylic acids is 2. The van der Waals surface area contributed by atoms with Crippen molar-refractivity contribution in [3.63, 3.8) is 0 Å². The van der Waals surface area contributed by atoms with Crippen LogP contribution in [0.3, 0.4) is 0 Å². The molecule has 5 heteroatoms. The van der Waals surface area contributed by atoms with E-state index in [1.165, 1.54) is 6.92 Å². The molecule has 1 fully saturated rings. The smallest absolute Gasteiger partial charge is 0.149 e. The molecule has 1 aliphatic carbocycles. The van der Waals surface area contributed by atoms with Gasteiger partial charge in [0.2, 0.25) is 0 Å². The number of hydrogen-bond donors (Lipinski definition) is 1. The van der Waals surface area contributed by atoms with Gasteiger partial charge >= 0.3 is 0 Å². The molecule has 2 aromatic rings. The summed E-state index contributed by atoms with van der Waals surface area (Å²) < 4.78 is 0. The zero-order chi connectivity index (χ0) is 16.6. The molecule has 5 nitrogen and oxygen atoms in total. The molecule has 1 atom stereocenters. The van der Waals surface area contributed by atoms with E-state index in [0.29, 0.717) is 25.1 Å². The standard InChI is InChI=1S/C18H21N3O2/c1-11(22)17-14(8-18(2,3)9-15(17)23)19-10-16-20-12-6-4-5-7-13(12)21-16/h4-7,17H,8-10H2,1-3H3,(H,20,21)/t17-/m0/s1. The lowest BCUT2D eigenvalue weighted by molar-refractivity contribution is -0.130. The Balaban J connectivity index is 1.88. The number of fused-ring (bicyclic) bond motifs is 1. The van der Waals surface area contributed by atoms with Crippen molar-refractivity contribution in [3.05, 3.63) is 30.1 Å². The Kier molecular flexibility index (Phi) is 3.88. The lowest BCUT2D eigenvalue weighted by Crippen LogP contribution is -2.41. The Labute approximate surface area is 135 Å². The van der Waals surface area contributed by atoms with E-state index >= 15 is 0 Å². The topological polar surface area (TPSA) is 75.2 Å². The first-order valence-electron chi connectivity index (χ1n) is 7.86. The van der Waals surface area contributed by atoms with E-state index < -0.39 is 5.92 Å². The second-order valence-electron chi connectivity index (χ2n) is 7.04. The highest BCUT2D eigenvalue weighted by Crippen LogP contribution is 2.35. The number of nitrogens with zero attached hydrogens (tertiary/aromatic N) is 2. The summed E-state index contributed by atoms with van der Waals surface area (Å²) >= 11 is 0. The van der Waals surface area contributed by atoms with Crippen molar-refractivity contribution in [2.45, 2.75) is 40.2 Å². The average Bonchev–Trinajstić information content (AvgIpc) is 2.85. The molecule has 0 radical (unpaired) electrons. The number of H-pyrrole nitrogens is 1. The maximum atomic E-state index is 12.3. The summed E-state index contributed by atoms with van der Waals surface area (Å²) in [6.07, 6.45) is 1.10. The number of aromatic nitrogens is 2. The van der Waals surface area contributed by atoms with Gasteiger partial charge in [0, 0.05) is 12.1 Å². The molecule has 0 unspecified atom stereocenters. The summed E-state index contributed by atoms with van der Waals surface area (Å²) in [5, 5.41) is 0. The zero-order valence-electron chi connectivity index (χ0n) is 13.7. The van der Waals surface area contributed by atoms with Crippen molar-refractivity contribution in [2.75, 3.05) is 0 Å². The zero-order valence-corrected chi connectivity index (χ0v) is 13.7. The first-order chi connectivity index (χ1) is 10.9. The third-order valence-electron chi connectivity index (χ3n) is 4.24. The molecule has 1 aromatic heterocycles. The van der Waals surface area contributed by atoms with Gasteiger partial charge in [-0.1, -0.05) is 26.0 Å². The summed E-state index contributed by atoms with van der Waals surface area (Å²) in [6.45, 7) is 5.91. The van der Waals surface area contributed by atoms with E-state index in [1.54, 1.807) is 0 Å². The molecule has 0 amide bonds. The molecule has 1 saturated carbocycles. The van der Waals surface area contributed by atoms with Gasteiger partial charge < -0.3 is 4.98 Å². The molecule has 1 aromatic carbocycles. The minimum Gasteiger partial charge on any atom is -0.340 e. The highest BCUT2D eigenvalue weighted by atomic mass is 16.1. The monoisotopic (exact) mass is 311 g/mol. The fourth-order valence-electron chi connectivity index (χ4n) is 3.28. The van der Waals surface area contributed by atoms with Gasteiger partial charge in [0.1, 0.15) is 23.3 Å².